The van der Waals surface area contributed by atoms with Crippen LogP contribution in [0.15, 0.2) is 0 Å². The Bertz CT molecular complexity index is 220. The van der Waals surface area contributed by atoms with E-state index in [0.717, 1.165) is 0 Å². The van der Waals surface area contributed by atoms with Gasteiger partial charge in [-0.25, -0.2) is 4.39 Å². The number of hydrogen-bond donors (Lipinski definition) is 2. The van der Waals surface area contributed by atoms with E-state index in [1.807, 2.05) is 0 Å². The minimum absolute atomic E-state index is 0.123. The summed E-state index contributed by atoms with van der Waals surface area (Å²) in [6.45, 7) is 0. The smallest absolute Gasteiger partial charge is 0.229 e. The Labute approximate surface area is 75.7 Å². The number of carbonyl (C=O) groups excluding carboxylic acids is 2. The lowest BCUT2D eigenvalue weighted by atomic mass is 10.2. The normalized spacial score (nSPS) is 27.2. The summed E-state index contributed by atoms with van der Waals surface area (Å²) < 4.78 is 12.6. The van der Waals surface area contributed by atoms with Gasteiger partial charge < -0.3 is 11.1 Å². The van der Waals surface area contributed by atoms with Crippen LogP contribution in [0.4, 0.5) is 4.39 Å². The fourth-order valence-electron chi connectivity index (χ4n) is 1.49. The number of carbonyl (C=O) groups is 2. The molecule has 74 valence electrons. The highest BCUT2D eigenvalue weighted by Gasteiger charge is 2.25. The Morgan fingerprint density at radius 3 is 2.62 bits per heavy atom. The predicted molar refractivity (Wildman–Crippen MR) is 44.5 cm³/mol. The van der Waals surface area contributed by atoms with Crippen LogP contribution in [0.5, 0.6) is 0 Å². The standard InChI is InChI=1S/C8H13FN2O2/c9-5-1-2-6(3-5)11-8(13)4-7(10)12/h5-6H,1-4H2,(H2,10,12)(H,11,13). The predicted octanol–water partition coefficient (Wildman–Crippen LogP) is -0.131. The summed E-state index contributed by atoms with van der Waals surface area (Å²) in [5, 5.41) is 2.56. The first-order valence-electron chi connectivity index (χ1n) is 4.29. The zero-order valence-electron chi connectivity index (χ0n) is 7.25. The summed E-state index contributed by atoms with van der Waals surface area (Å²) in [6.07, 6.45) is 0.351. The van der Waals surface area contributed by atoms with Crippen molar-refractivity contribution < 1.29 is 14.0 Å². The van der Waals surface area contributed by atoms with Crippen LogP contribution < -0.4 is 11.1 Å². The average molecular weight is 188 g/mol. The molecule has 0 heterocycles. The molecule has 0 spiro atoms. The molecular weight excluding hydrogens is 175 g/mol. The van der Waals surface area contributed by atoms with Crippen molar-refractivity contribution in [3.63, 3.8) is 0 Å². The number of amides is 2. The van der Waals surface area contributed by atoms with Crippen LogP contribution in [0, 0.1) is 0 Å². The zero-order valence-corrected chi connectivity index (χ0v) is 7.25. The van der Waals surface area contributed by atoms with Crippen molar-refractivity contribution in [3.8, 4) is 0 Å². The van der Waals surface area contributed by atoms with Gasteiger partial charge in [-0.15, -0.1) is 0 Å². The Balaban J connectivity index is 2.24. The molecule has 13 heavy (non-hydrogen) atoms. The van der Waals surface area contributed by atoms with E-state index in [9.17, 15) is 14.0 Å². The topological polar surface area (TPSA) is 72.2 Å². The fraction of sp³-hybridized carbons (Fsp3) is 0.750. The molecule has 0 bridgehead atoms. The molecule has 2 amide bonds. The molecular formula is C8H13FN2O2. The SMILES string of the molecule is NC(=O)CC(=O)NC1CCC(F)C1. The van der Waals surface area contributed by atoms with Gasteiger partial charge in [-0.05, 0) is 19.3 Å². The van der Waals surface area contributed by atoms with Crippen LogP contribution in [0.2, 0.25) is 0 Å². The Hall–Kier alpha value is -1.13. The van der Waals surface area contributed by atoms with Crippen molar-refractivity contribution in [2.45, 2.75) is 37.9 Å². The minimum Gasteiger partial charge on any atom is -0.369 e. The highest BCUT2D eigenvalue weighted by Crippen LogP contribution is 2.21. The van der Waals surface area contributed by atoms with Gasteiger partial charge in [0.25, 0.3) is 0 Å². The van der Waals surface area contributed by atoms with Crippen LogP contribution in [0.25, 0.3) is 0 Å². The van der Waals surface area contributed by atoms with Crippen LogP contribution in [-0.4, -0.2) is 24.0 Å². The molecule has 0 aromatic carbocycles. The van der Waals surface area contributed by atoms with Gasteiger partial charge in [0.1, 0.15) is 12.6 Å². The van der Waals surface area contributed by atoms with E-state index < -0.39 is 18.0 Å². The highest BCUT2D eigenvalue weighted by atomic mass is 19.1. The minimum atomic E-state index is -0.820. The monoisotopic (exact) mass is 188 g/mol. The maximum absolute atomic E-state index is 12.6. The van der Waals surface area contributed by atoms with E-state index in [4.69, 9.17) is 5.73 Å². The molecule has 5 heteroatoms. The quantitative estimate of drug-likeness (QED) is 0.605. The van der Waals surface area contributed by atoms with E-state index >= 15 is 0 Å². The number of halogens is 1. The van der Waals surface area contributed by atoms with Crippen LogP contribution in [0.1, 0.15) is 25.7 Å². The van der Waals surface area contributed by atoms with E-state index in [0.29, 0.717) is 19.3 Å². The summed E-state index contributed by atoms with van der Waals surface area (Å²) in [6, 6.07) is -0.123. The lowest BCUT2D eigenvalue weighted by Crippen LogP contribution is -2.35. The second-order valence-electron chi connectivity index (χ2n) is 3.32. The molecule has 4 nitrogen and oxygen atoms in total. The third kappa shape index (κ3) is 3.40. The first-order valence-corrected chi connectivity index (χ1v) is 4.29. The molecule has 1 fully saturated rings. The first-order chi connectivity index (χ1) is 6.08. The Morgan fingerprint density at radius 2 is 2.15 bits per heavy atom. The summed E-state index contributed by atoms with van der Waals surface area (Å²) in [7, 11) is 0. The Morgan fingerprint density at radius 1 is 1.46 bits per heavy atom. The van der Waals surface area contributed by atoms with Crippen LogP contribution in [-0.2, 0) is 9.59 Å². The number of rotatable bonds is 3. The Kier molecular flexibility index (Phi) is 3.22. The van der Waals surface area contributed by atoms with Gasteiger partial charge in [-0.2, -0.15) is 0 Å². The van der Waals surface area contributed by atoms with Gasteiger partial charge in [0, 0.05) is 6.04 Å². The third-order valence-electron chi connectivity index (χ3n) is 2.07. The highest BCUT2D eigenvalue weighted by molar-refractivity contribution is 5.96. The lowest BCUT2D eigenvalue weighted by molar-refractivity contribution is -0.128. The summed E-state index contributed by atoms with van der Waals surface area (Å²) in [4.78, 5) is 21.3. The van der Waals surface area contributed by atoms with Crippen molar-refractivity contribution >= 4 is 11.8 Å². The van der Waals surface area contributed by atoms with Crippen LogP contribution >= 0.6 is 0 Å². The molecule has 0 aromatic rings. The summed E-state index contributed by atoms with van der Waals surface area (Å²) >= 11 is 0. The fourth-order valence-corrected chi connectivity index (χ4v) is 1.49. The molecule has 1 aliphatic rings. The molecule has 1 rings (SSSR count). The van der Waals surface area contributed by atoms with E-state index in [2.05, 4.69) is 5.32 Å². The molecule has 2 atom stereocenters. The average Bonchev–Trinajstić information content (AvgIpc) is 2.33. The first kappa shape index (κ1) is 9.95. The van der Waals surface area contributed by atoms with Crippen LogP contribution in [0.3, 0.4) is 0 Å². The third-order valence-corrected chi connectivity index (χ3v) is 2.07. The number of hydrogen-bond acceptors (Lipinski definition) is 2. The van der Waals surface area contributed by atoms with Crippen molar-refractivity contribution in [2.75, 3.05) is 0 Å². The zero-order chi connectivity index (χ0) is 9.84. The largest absolute Gasteiger partial charge is 0.369 e. The molecule has 0 radical (unpaired) electrons. The van der Waals surface area contributed by atoms with Crippen molar-refractivity contribution in [1.82, 2.24) is 5.32 Å². The lowest BCUT2D eigenvalue weighted by Gasteiger charge is -2.10. The van der Waals surface area contributed by atoms with Crippen molar-refractivity contribution in [3.05, 3.63) is 0 Å². The van der Waals surface area contributed by atoms with Gasteiger partial charge in [-0.3, -0.25) is 9.59 Å². The number of primary amides is 1. The molecule has 0 saturated heterocycles. The summed E-state index contributed by atoms with van der Waals surface area (Å²) in [5.74, 6) is -1.07. The number of nitrogens with one attached hydrogen (secondary N) is 1. The molecule has 2 unspecified atom stereocenters. The van der Waals surface area contributed by atoms with E-state index in [-0.39, 0.29) is 12.5 Å². The van der Waals surface area contributed by atoms with Gasteiger partial charge in [-0.1, -0.05) is 0 Å². The number of alkyl halides is 1. The van der Waals surface area contributed by atoms with Gasteiger partial charge in [0.05, 0.1) is 0 Å². The van der Waals surface area contributed by atoms with Gasteiger partial charge in [0.15, 0.2) is 0 Å². The van der Waals surface area contributed by atoms with Gasteiger partial charge >= 0.3 is 0 Å². The summed E-state index contributed by atoms with van der Waals surface area (Å²) in [5.41, 5.74) is 4.82. The number of nitrogens with two attached hydrogens (primary N) is 1. The van der Waals surface area contributed by atoms with Gasteiger partial charge in [0.2, 0.25) is 11.8 Å². The molecule has 1 aliphatic carbocycles. The molecule has 1 saturated carbocycles. The van der Waals surface area contributed by atoms with Crippen molar-refractivity contribution in [1.29, 1.82) is 0 Å². The maximum Gasteiger partial charge on any atom is 0.229 e. The van der Waals surface area contributed by atoms with Crippen molar-refractivity contribution in [2.24, 2.45) is 5.73 Å². The molecule has 0 aromatic heterocycles. The maximum atomic E-state index is 12.6. The second kappa shape index (κ2) is 4.20. The van der Waals surface area contributed by atoms with E-state index in [1.165, 1.54) is 0 Å². The molecule has 0 aliphatic heterocycles. The van der Waals surface area contributed by atoms with E-state index in [1.54, 1.807) is 0 Å². The second-order valence-corrected chi connectivity index (χ2v) is 3.32. The molecule has 3 N–H and O–H groups in total.